The third-order valence-electron chi connectivity index (χ3n) is 4.40. The molecule has 0 radical (unpaired) electrons. The van der Waals surface area contributed by atoms with Gasteiger partial charge in [-0.2, -0.15) is 0 Å². The minimum atomic E-state index is -1.82. The summed E-state index contributed by atoms with van der Waals surface area (Å²) in [7, 11) is 0. The Labute approximate surface area is 158 Å². The number of halogens is 3. The van der Waals surface area contributed by atoms with Crippen LogP contribution in [0.25, 0.3) is 0 Å². The fraction of sp³-hybridized carbons (Fsp3) is 0.263. The Balaban J connectivity index is 1.71. The molecule has 1 saturated heterocycles. The summed E-state index contributed by atoms with van der Waals surface area (Å²) in [6, 6.07) is 7.26. The second-order valence-electron chi connectivity index (χ2n) is 6.49. The zero-order chi connectivity index (χ0) is 20.5. The largest absolute Gasteiger partial charge is 0.488 e. The van der Waals surface area contributed by atoms with Crippen molar-refractivity contribution in [3.8, 4) is 5.75 Å². The molecule has 148 valence electrons. The SMILES string of the molecule is C[C@@]1(c2cc(F)ccc2F)NC(=O)N(C[C@@H](O)COc2ccccc2F)C1=O. The number of para-hydroxylation sites is 1. The van der Waals surface area contributed by atoms with E-state index in [1.165, 1.54) is 25.1 Å². The molecule has 0 unspecified atom stereocenters. The second-order valence-corrected chi connectivity index (χ2v) is 6.49. The zero-order valence-corrected chi connectivity index (χ0v) is 14.8. The van der Waals surface area contributed by atoms with Crippen molar-refractivity contribution in [3.63, 3.8) is 0 Å². The monoisotopic (exact) mass is 394 g/mol. The van der Waals surface area contributed by atoms with Crippen LogP contribution in [0, 0.1) is 17.5 Å². The Bertz CT molecular complexity index is 924. The van der Waals surface area contributed by atoms with Gasteiger partial charge in [0.1, 0.15) is 29.9 Å². The first-order valence-corrected chi connectivity index (χ1v) is 8.37. The maximum Gasteiger partial charge on any atom is 0.325 e. The summed E-state index contributed by atoms with van der Waals surface area (Å²) in [5.41, 5.74) is -2.15. The maximum absolute atomic E-state index is 14.1. The molecule has 1 fully saturated rings. The van der Waals surface area contributed by atoms with E-state index in [2.05, 4.69) is 5.32 Å². The molecule has 2 aromatic carbocycles. The third kappa shape index (κ3) is 3.65. The van der Waals surface area contributed by atoms with Gasteiger partial charge in [0.15, 0.2) is 11.6 Å². The predicted octanol–water partition coefficient (Wildman–Crippen LogP) is 2.31. The van der Waals surface area contributed by atoms with Crippen LogP contribution in [-0.4, -0.2) is 41.2 Å². The van der Waals surface area contributed by atoms with E-state index in [4.69, 9.17) is 4.74 Å². The van der Waals surface area contributed by atoms with Crippen LogP contribution >= 0.6 is 0 Å². The molecule has 0 spiro atoms. The average Bonchev–Trinajstić information content (AvgIpc) is 2.87. The van der Waals surface area contributed by atoms with Gasteiger partial charge in [-0.05, 0) is 37.3 Å². The van der Waals surface area contributed by atoms with Gasteiger partial charge in [-0.1, -0.05) is 12.1 Å². The van der Waals surface area contributed by atoms with Crippen LogP contribution in [0.2, 0.25) is 0 Å². The van der Waals surface area contributed by atoms with Crippen LogP contribution in [0.5, 0.6) is 5.75 Å². The number of benzene rings is 2. The van der Waals surface area contributed by atoms with Crippen molar-refractivity contribution >= 4 is 11.9 Å². The van der Waals surface area contributed by atoms with E-state index in [1.807, 2.05) is 0 Å². The number of ether oxygens (including phenoxy) is 1. The smallest absolute Gasteiger partial charge is 0.325 e. The van der Waals surface area contributed by atoms with Crippen LogP contribution in [0.3, 0.4) is 0 Å². The Hall–Kier alpha value is -3.07. The van der Waals surface area contributed by atoms with Gasteiger partial charge in [0, 0.05) is 5.56 Å². The highest BCUT2D eigenvalue weighted by molar-refractivity contribution is 6.07. The van der Waals surface area contributed by atoms with Gasteiger partial charge < -0.3 is 15.2 Å². The summed E-state index contributed by atoms with van der Waals surface area (Å²) < 4.78 is 46.3. The molecule has 1 aliphatic heterocycles. The van der Waals surface area contributed by atoms with Crippen LogP contribution in [0.1, 0.15) is 12.5 Å². The number of urea groups is 1. The number of carbonyl (C=O) groups excluding carboxylic acids is 2. The number of amides is 3. The molecule has 1 aliphatic rings. The number of aliphatic hydroxyl groups is 1. The number of hydrogen-bond acceptors (Lipinski definition) is 4. The molecule has 1 heterocycles. The molecule has 3 amide bonds. The molecule has 28 heavy (non-hydrogen) atoms. The van der Waals surface area contributed by atoms with Crippen molar-refractivity contribution in [3.05, 3.63) is 65.5 Å². The average molecular weight is 394 g/mol. The normalized spacial score (nSPS) is 20.2. The van der Waals surface area contributed by atoms with Gasteiger partial charge in [0.25, 0.3) is 5.91 Å². The lowest BCUT2D eigenvalue weighted by atomic mass is 9.91. The summed E-state index contributed by atoms with van der Waals surface area (Å²) in [5.74, 6) is -3.20. The first kappa shape index (κ1) is 19.7. The van der Waals surface area contributed by atoms with E-state index in [0.29, 0.717) is 4.90 Å². The van der Waals surface area contributed by atoms with Gasteiger partial charge in [0.2, 0.25) is 0 Å². The van der Waals surface area contributed by atoms with Gasteiger partial charge >= 0.3 is 6.03 Å². The molecule has 0 aromatic heterocycles. The number of β-amino-alcohol motifs (C(OH)–C–C–N with tert-alkyl or cyclic N) is 1. The number of carbonyl (C=O) groups is 2. The molecule has 2 N–H and O–H groups in total. The Morgan fingerprint density at radius 2 is 1.86 bits per heavy atom. The Morgan fingerprint density at radius 1 is 1.14 bits per heavy atom. The Kier molecular flexibility index (Phi) is 5.28. The first-order chi connectivity index (χ1) is 13.2. The van der Waals surface area contributed by atoms with E-state index in [1.54, 1.807) is 6.07 Å². The van der Waals surface area contributed by atoms with Crippen LogP contribution in [0.15, 0.2) is 42.5 Å². The molecular formula is C19H17F3N2O4. The van der Waals surface area contributed by atoms with E-state index < -0.39 is 47.6 Å². The minimum absolute atomic E-state index is 0.0922. The molecule has 2 atom stereocenters. The van der Waals surface area contributed by atoms with Crippen LogP contribution in [-0.2, 0) is 10.3 Å². The molecule has 0 aliphatic carbocycles. The van der Waals surface area contributed by atoms with Crippen molar-refractivity contribution < 1.29 is 32.6 Å². The highest BCUT2D eigenvalue weighted by atomic mass is 19.1. The summed E-state index contributed by atoms with van der Waals surface area (Å²) >= 11 is 0. The van der Waals surface area contributed by atoms with Crippen molar-refractivity contribution in [2.75, 3.05) is 13.2 Å². The van der Waals surface area contributed by atoms with Crippen molar-refractivity contribution in [1.82, 2.24) is 10.2 Å². The lowest BCUT2D eigenvalue weighted by Gasteiger charge is -2.23. The van der Waals surface area contributed by atoms with Gasteiger partial charge in [0.05, 0.1) is 6.54 Å². The lowest BCUT2D eigenvalue weighted by Crippen LogP contribution is -2.43. The molecule has 9 heteroatoms. The number of hydrogen-bond donors (Lipinski definition) is 2. The quantitative estimate of drug-likeness (QED) is 0.737. The minimum Gasteiger partial charge on any atom is -0.488 e. The fourth-order valence-corrected chi connectivity index (χ4v) is 2.94. The first-order valence-electron chi connectivity index (χ1n) is 8.37. The molecular weight excluding hydrogens is 377 g/mol. The predicted molar refractivity (Wildman–Crippen MR) is 91.9 cm³/mol. The topological polar surface area (TPSA) is 78.9 Å². The summed E-state index contributed by atoms with van der Waals surface area (Å²) in [6.07, 6.45) is -1.32. The summed E-state index contributed by atoms with van der Waals surface area (Å²) in [5, 5.41) is 12.4. The number of imide groups is 1. The second kappa shape index (κ2) is 7.51. The molecule has 2 aromatic rings. The van der Waals surface area contributed by atoms with Gasteiger partial charge in [-0.15, -0.1) is 0 Å². The third-order valence-corrected chi connectivity index (χ3v) is 4.40. The number of nitrogens with zero attached hydrogens (tertiary/aromatic N) is 1. The number of nitrogens with one attached hydrogen (secondary N) is 1. The Morgan fingerprint density at radius 3 is 2.57 bits per heavy atom. The van der Waals surface area contributed by atoms with Crippen molar-refractivity contribution in [2.24, 2.45) is 0 Å². The summed E-state index contributed by atoms with van der Waals surface area (Å²) in [6.45, 7) is 0.391. The zero-order valence-electron chi connectivity index (χ0n) is 14.8. The van der Waals surface area contributed by atoms with Crippen LogP contribution in [0.4, 0.5) is 18.0 Å². The molecule has 6 nitrogen and oxygen atoms in total. The summed E-state index contributed by atoms with van der Waals surface area (Å²) in [4.78, 5) is 25.6. The van der Waals surface area contributed by atoms with Crippen molar-refractivity contribution in [1.29, 1.82) is 0 Å². The number of aliphatic hydroxyl groups excluding tert-OH is 1. The van der Waals surface area contributed by atoms with Crippen LogP contribution < -0.4 is 10.1 Å². The molecule has 0 bridgehead atoms. The highest BCUT2D eigenvalue weighted by Gasteiger charge is 2.50. The van der Waals surface area contributed by atoms with E-state index in [9.17, 15) is 27.9 Å². The van der Waals surface area contributed by atoms with Crippen molar-refractivity contribution in [2.45, 2.75) is 18.6 Å². The van der Waals surface area contributed by atoms with Gasteiger partial charge in [-0.3, -0.25) is 9.69 Å². The number of rotatable bonds is 6. The lowest BCUT2D eigenvalue weighted by molar-refractivity contribution is -0.132. The standard InChI is InChI=1S/C19H17F3N2O4/c1-19(13-8-11(20)6-7-14(13)21)17(26)24(18(27)23-19)9-12(25)10-28-16-5-3-2-4-15(16)22/h2-8,12,25H,9-10H2,1H3,(H,23,27)/t12-,19+/m1/s1. The van der Waals surface area contributed by atoms with E-state index >= 15 is 0 Å². The fourth-order valence-electron chi connectivity index (χ4n) is 2.94. The maximum atomic E-state index is 14.1. The van der Waals surface area contributed by atoms with Gasteiger partial charge in [-0.25, -0.2) is 18.0 Å². The van der Waals surface area contributed by atoms with E-state index in [-0.39, 0.29) is 17.9 Å². The highest BCUT2D eigenvalue weighted by Crippen LogP contribution is 2.31. The molecule has 0 saturated carbocycles. The van der Waals surface area contributed by atoms with E-state index in [0.717, 1.165) is 18.2 Å². The molecule has 3 rings (SSSR count).